The molecule has 0 fully saturated rings. The third-order valence-electron chi connectivity index (χ3n) is 3.71. The normalized spacial score (nSPS) is 10.4. The van der Waals surface area contributed by atoms with Crippen molar-refractivity contribution in [1.82, 2.24) is 15.5 Å². The molecule has 1 heterocycles. The summed E-state index contributed by atoms with van der Waals surface area (Å²) in [4.78, 5) is 12.0. The largest absolute Gasteiger partial charge is 0.365 e. The minimum Gasteiger partial charge on any atom is -0.365 e. The number of rotatable bonds is 8. The average Bonchev–Trinajstić information content (AvgIpc) is 2.72. The lowest BCUT2D eigenvalue weighted by molar-refractivity contribution is -0.118. The zero-order valence-electron chi connectivity index (χ0n) is 14.6. The molecule has 3 rings (SSSR count). The highest BCUT2D eigenvalue weighted by molar-refractivity contribution is 7.99. The van der Waals surface area contributed by atoms with E-state index in [2.05, 4.69) is 20.8 Å². The molecule has 138 valence electrons. The number of aromatic nitrogens is 2. The van der Waals surface area contributed by atoms with E-state index in [0.717, 1.165) is 5.56 Å². The number of halogens is 1. The number of thioether (sulfide) groups is 1. The summed E-state index contributed by atoms with van der Waals surface area (Å²) >= 11 is 7.20. The van der Waals surface area contributed by atoms with Crippen LogP contribution in [0.5, 0.6) is 0 Å². The van der Waals surface area contributed by atoms with E-state index in [1.165, 1.54) is 17.3 Å². The summed E-state index contributed by atoms with van der Waals surface area (Å²) in [7, 11) is 0. The Hall–Kier alpha value is -2.57. The van der Waals surface area contributed by atoms with Crippen LogP contribution in [-0.2, 0) is 17.9 Å². The van der Waals surface area contributed by atoms with Crippen molar-refractivity contribution in [3.63, 3.8) is 0 Å². The van der Waals surface area contributed by atoms with Crippen LogP contribution in [0.4, 0.5) is 5.82 Å². The van der Waals surface area contributed by atoms with Crippen LogP contribution < -0.4 is 10.6 Å². The molecular weight excluding hydrogens is 380 g/mol. The number of anilines is 1. The highest BCUT2D eigenvalue weighted by Crippen LogP contribution is 2.16. The first kappa shape index (κ1) is 19.2. The van der Waals surface area contributed by atoms with Crippen molar-refractivity contribution in [3.05, 3.63) is 82.9 Å². The van der Waals surface area contributed by atoms with E-state index < -0.39 is 0 Å². The molecular formula is C20H19ClN4OS. The zero-order valence-corrected chi connectivity index (χ0v) is 16.1. The standard InChI is InChI=1S/C20H19ClN4OS/c21-17-8-6-16(7-9-17)13-23-19(26)14-27-20-11-10-18(24-25-20)22-12-15-4-2-1-3-5-15/h1-11H,12-14H2,(H,22,24)(H,23,26). The first-order valence-corrected chi connectivity index (χ1v) is 9.81. The predicted octanol–water partition coefficient (Wildman–Crippen LogP) is 4.15. The molecule has 0 aliphatic heterocycles. The molecule has 2 aromatic carbocycles. The summed E-state index contributed by atoms with van der Waals surface area (Å²) in [5, 5.41) is 15.8. The highest BCUT2D eigenvalue weighted by Gasteiger charge is 2.05. The van der Waals surface area contributed by atoms with Crippen LogP contribution in [-0.4, -0.2) is 21.9 Å². The average molecular weight is 399 g/mol. The monoisotopic (exact) mass is 398 g/mol. The summed E-state index contributed by atoms with van der Waals surface area (Å²) in [6, 6.07) is 21.2. The lowest BCUT2D eigenvalue weighted by Crippen LogP contribution is -2.24. The Morgan fingerprint density at radius 2 is 1.63 bits per heavy atom. The number of hydrogen-bond acceptors (Lipinski definition) is 5. The second-order valence-electron chi connectivity index (χ2n) is 5.79. The van der Waals surface area contributed by atoms with Crippen molar-refractivity contribution in [2.24, 2.45) is 0 Å². The smallest absolute Gasteiger partial charge is 0.230 e. The lowest BCUT2D eigenvalue weighted by Gasteiger charge is -2.07. The van der Waals surface area contributed by atoms with Gasteiger partial charge in [-0.3, -0.25) is 4.79 Å². The lowest BCUT2D eigenvalue weighted by atomic mass is 10.2. The Morgan fingerprint density at radius 3 is 2.33 bits per heavy atom. The Kier molecular flexibility index (Phi) is 7.07. The molecule has 0 unspecified atom stereocenters. The second-order valence-corrected chi connectivity index (χ2v) is 7.22. The van der Waals surface area contributed by atoms with E-state index in [-0.39, 0.29) is 5.91 Å². The Bertz CT molecular complexity index is 857. The molecule has 0 bridgehead atoms. The molecule has 0 aliphatic carbocycles. The number of nitrogens with one attached hydrogen (secondary N) is 2. The molecule has 1 aromatic heterocycles. The van der Waals surface area contributed by atoms with Gasteiger partial charge in [0.05, 0.1) is 5.75 Å². The summed E-state index contributed by atoms with van der Waals surface area (Å²) in [5.74, 6) is 0.942. The molecule has 1 amide bonds. The van der Waals surface area contributed by atoms with Crippen molar-refractivity contribution >= 4 is 35.1 Å². The van der Waals surface area contributed by atoms with Crippen LogP contribution in [0.15, 0.2) is 71.8 Å². The molecule has 7 heteroatoms. The molecule has 3 aromatic rings. The van der Waals surface area contributed by atoms with Crippen molar-refractivity contribution in [1.29, 1.82) is 0 Å². The van der Waals surface area contributed by atoms with Crippen LogP contribution in [0.25, 0.3) is 0 Å². The maximum absolute atomic E-state index is 12.0. The fourth-order valence-electron chi connectivity index (χ4n) is 2.27. The van der Waals surface area contributed by atoms with Gasteiger partial charge in [-0.05, 0) is 35.4 Å². The van der Waals surface area contributed by atoms with Crippen molar-refractivity contribution in [2.45, 2.75) is 18.1 Å². The quantitative estimate of drug-likeness (QED) is 0.558. The summed E-state index contributed by atoms with van der Waals surface area (Å²) in [5.41, 5.74) is 2.18. The number of carbonyl (C=O) groups excluding carboxylic acids is 1. The molecule has 5 nitrogen and oxygen atoms in total. The molecule has 2 N–H and O–H groups in total. The van der Waals surface area contributed by atoms with E-state index >= 15 is 0 Å². The topological polar surface area (TPSA) is 66.9 Å². The number of nitrogens with zero attached hydrogens (tertiary/aromatic N) is 2. The van der Waals surface area contributed by atoms with Gasteiger partial charge in [0.1, 0.15) is 10.8 Å². The third kappa shape index (κ3) is 6.58. The van der Waals surface area contributed by atoms with Crippen molar-refractivity contribution in [3.8, 4) is 0 Å². The second kappa shape index (κ2) is 9.94. The van der Waals surface area contributed by atoms with E-state index in [1.807, 2.05) is 54.6 Å². The first-order valence-electron chi connectivity index (χ1n) is 8.44. The van der Waals surface area contributed by atoms with E-state index in [0.29, 0.717) is 34.7 Å². The van der Waals surface area contributed by atoms with E-state index in [1.54, 1.807) is 12.1 Å². The molecule has 0 atom stereocenters. The van der Waals surface area contributed by atoms with Gasteiger partial charge in [-0.2, -0.15) is 0 Å². The summed E-state index contributed by atoms with van der Waals surface area (Å²) in [6.45, 7) is 1.17. The van der Waals surface area contributed by atoms with Gasteiger partial charge in [-0.15, -0.1) is 10.2 Å². The van der Waals surface area contributed by atoms with Crippen molar-refractivity contribution in [2.75, 3.05) is 11.1 Å². The van der Waals surface area contributed by atoms with E-state index in [4.69, 9.17) is 11.6 Å². The Morgan fingerprint density at radius 1 is 0.889 bits per heavy atom. The van der Waals surface area contributed by atoms with Gasteiger partial charge >= 0.3 is 0 Å². The van der Waals surface area contributed by atoms with Crippen LogP contribution in [0.3, 0.4) is 0 Å². The Balaban J connectivity index is 1.40. The molecule has 0 aliphatic rings. The first-order chi connectivity index (χ1) is 13.2. The number of amides is 1. The maximum Gasteiger partial charge on any atom is 0.230 e. The minimum atomic E-state index is -0.0528. The van der Waals surface area contributed by atoms with Gasteiger partial charge in [0.2, 0.25) is 5.91 Å². The molecule has 0 radical (unpaired) electrons. The number of benzene rings is 2. The van der Waals surface area contributed by atoms with Gasteiger partial charge in [-0.1, -0.05) is 65.8 Å². The van der Waals surface area contributed by atoms with Crippen molar-refractivity contribution < 1.29 is 4.79 Å². The highest BCUT2D eigenvalue weighted by atomic mass is 35.5. The molecule has 27 heavy (non-hydrogen) atoms. The summed E-state index contributed by atoms with van der Waals surface area (Å²) < 4.78 is 0. The van der Waals surface area contributed by atoms with Gasteiger partial charge < -0.3 is 10.6 Å². The van der Waals surface area contributed by atoms with Gasteiger partial charge in [0.15, 0.2) is 0 Å². The number of hydrogen-bond donors (Lipinski definition) is 2. The van der Waals surface area contributed by atoms with Crippen LogP contribution in [0.1, 0.15) is 11.1 Å². The van der Waals surface area contributed by atoms with Crippen LogP contribution in [0, 0.1) is 0 Å². The van der Waals surface area contributed by atoms with Gasteiger partial charge in [0, 0.05) is 18.1 Å². The summed E-state index contributed by atoms with van der Waals surface area (Å²) in [6.07, 6.45) is 0. The molecule has 0 saturated carbocycles. The van der Waals surface area contributed by atoms with Gasteiger partial charge in [-0.25, -0.2) is 0 Å². The maximum atomic E-state index is 12.0. The SMILES string of the molecule is O=C(CSc1ccc(NCc2ccccc2)nn1)NCc1ccc(Cl)cc1. The fraction of sp³-hybridized carbons (Fsp3) is 0.150. The van der Waals surface area contributed by atoms with Crippen LogP contribution >= 0.6 is 23.4 Å². The van der Waals surface area contributed by atoms with E-state index in [9.17, 15) is 4.79 Å². The molecule has 0 saturated heterocycles. The van der Waals surface area contributed by atoms with Gasteiger partial charge in [0.25, 0.3) is 0 Å². The Labute approximate surface area is 167 Å². The zero-order chi connectivity index (χ0) is 18.9. The number of carbonyl (C=O) groups is 1. The predicted molar refractivity (Wildman–Crippen MR) is 110 cm³/mol. The molecule has 0 spiro atoms. The van der Waals surface area contributed by atoms with Crippen LogP contribution in [0.2, 0.25) is 5.02 Å². The fourth-order valence-corrected chi connectivity index (χ4v) is 3.04. The minimum absolute atomic E-state index is 0.0528. The third-order valence-corrected chi connectivity index (χ3v) is 4.88.